The second kappa shape index (κ2) is 3.74. The molecule has 1 aromatic heterocycles. The third-order valence-corrected chi connectivity index (χ3v) is 3.83. The van der Waals surface area contributed by atoms with E-state index in [0.717, 1.165) is 12.1 Å². The van der Waals surface area contributed by atoms with E-state index in [2.05, 4.69) is 28.5 Å². The quantitative estimate of drug-likeness (QED) is 0.732. The summed E-state index contributed by atoms with van der Waals surface area (Å²) in [5.74, 6) is 1.19. The van der Waals surface area contributed by atoms with E-state index < -0.39 is 0 Å². The van der Waals surface area contributed by atoms with E-state index in [4.69, 9.17) is 0 Å². The zero-order valence-corrected chi connectivity index (χ0v) is 9.18. The first kappa shape index (κ1) is 9.04. The standard InChI is InChI=1S/C12H12N2S/c1-2-5-10-9(4-1)12-11(8-14-10)13-6-3-7-15-12/h1-2,4-5,8,13H,3,6-7H2. The second-order valence-electron chi connectivity index (χ2n) is 3.65. The van der Waals surface area contributed by atoms with Crippen molar-refractivity contribution in [3.63, 3.8) is 0 Å². The third-order valence-electron chi connectivity index (χ3n) is 2.61. The van der Waals surface area contributed by atoms with Crippen LogP contribution in [0.2, 0.25) is 0 Å². The van der Waals surface area contributed by atoms with E-state index >= 15 is 0 Å². The maximum atomic E-state index is 4.46. The lowest BCUT2D eigenvalue weighted by Gasteiger charge is -2.08. The monoisotopic (exact) mass is 216 g/mol. The number of thioether (sulfide) groups is 1. The largest absolute Gasteiger partial charge is 0.383 e. The first-order chi connectivity index (χ1) is 7.45. The zero-order chi connectivity index (χ0) is 10.1. The van der Waals surface area contributed by atoms with Crippen molar-refractivity contribution < 1.29 is 0 Å². The van der Waals surface area contributed by atoms with Gasteiger partial charge >= 0.3 is 0 Å². The van der Waals surface area contributed by atoms with Gasteiger partial charge in [0.2, 0.25) is 0 Å². The fourth-order valence-electron chi connectivity index (χ4n) is 1.87. The van der Waals surface area contributed by atoms with Crippen LogP contribution in [0.1, 0.15) is 6.42 Å². The lowest BCUT2D eigenvalue weighted by molar-refractivity contribution is 0.998. The molecule has 0 fully saturated rings. The molecule has 0 aliphatic carbocycles. The van der Waals surface area contributed by atoms with Crippen LogP contribution in [0.15, 0.2) is 35.4 Å². The van der Waals surface area contributed by atoms with Gasteiger partial charge in [0.25, 0.3) is 0 Å². The van der Waals surface area contributed by atoms with Gasteiger partial charge in [-0.25, -0.2) is 0 Å². The molecule has 2 aromatic rings. The highest BCUT2D eigenvalue weighted by Crippen LogP contribution is 2.35. The molecule has 0 unspecified atom stereocenters. The summed E-state index contributed by atoms with van der Waals surface area (Å²) in [6, 6.07) is 8.34. The fraction of sp³-hybridized carbons (Fsp3) is 0.250. The molecule has 0 radical (unpaired) electrons. The third kappa shape index (κ3) is 1.57. The highest BCUT2D eigenvalue weighted by atomic mass is 32.2. The van der Waals surface area contributed by atoms with Gasteiger partial charge in [0.05, 0.1) is 17.4 Å². The second-order valence-corrected chi connectivity index (χ2v) is 4.75. The van der Waals surface area contributed by atoms with E-state index in [1.165, 1.54) is 28.1 Å². The van der Waals surface area contributed by atoms with Crippen LogP contribution in [0.3, 0.4) is 0 Å². The van der Waals surface area contributed by atoms with Crippen molar-refractivity contribution in [1.82, 2.24) is 4.98 Å². The van der Waals surface area contributed by atoms with Crippen molar-refractivity contribution in [2.24, 2.45) is 0 Å². The Bertz CT molecular complexity index is 496. The van der Waals surface area contributed by atoms with Gasteiger partial charge < -0.3 is 5.32 Å². The van der Waals surface area contributed by atoms with Crippen molar-refractivity contribution in [2.45, 2.75) is 11.3 Å². The minimum atomic E-state index is 1.06. The van der Waals surface area contributed by atoms with Crippen molar-refractivity contribution in [1.29, 1.82) is 0 Å². The first-order valence-corrected chi connectivity index (χ1v) is 6.18. The topological polar surface area (TPSA) is 24.9 Å². The summed E-state index contributed by atoms with van der Waals surface area (Å²) in [4.78, 5) is 5.82. The Kier molecular flexibility index (Phi) is 2.25. The molecule has 3 rings (SSSR count). The molecule has 1 N–H and O–H groups in total. The Morgan fingerprint density at radius 1 is 1.27 bits per heavy atom. The summed E-state index contributed by atoms with van der Waals surface area (Å²) in [6.45, 7) is 1.06. The molecule has 0 saturated heterocycles. The summed E-state index contributed by atoms with van der Waals surface area (Å²) < 4.78 is 0. The number of nitrogens with zero attached hydrogens (tertiary/aromatic N) is 1. The molecule has 0 atom stereocenters. The average molecular weight is 216 g/mol. The molecule has 15 heavy (non-hydrogen) atoms. The molecule has 0 spiro atoms. The highest BCUT2D eigenvalue weighted by Gasteiger charge is 2.11. The normalized spacial score (nSPS) is 15.5. The van der Waals surface area contributed by atoms with Crippen molar-refractivity contribution in [3.05, 3.63) is 30.5 Å². The molecule has 3 heteroatoms. The van der Waals surface area contributed by atoms with Crippen LogP contribution in [0.4, 0.5) is 5.69 Å². The van der Waals surface area contributed by atoms with Gasteiger partial charge in [-0.3, -0.25) is 4.98 Å². The summed E-state index contributed by atoms with van der Waals surface area (Å²) >= 11 is 1.94. The molecule has 2 heterocycles. The number of rotatable bonds is 0. The van der Waals surface area contributed by atoms with Crippen molar-refractivity contribution in [3.8, 4) is 0 Å². The van der Waals surface area contributed by atoms with Gasteiger partial charge in [0.1, 0.15) is 0 Å². The van der Waals surface area contributed by atoms with Crippen LogP contribution in [0, 0.1) is 0 Å². The number of nitrogens with one attached hydrogen (secondary N) is 1. The Hall–Kier alpha value is -1.22. The molecule has 2 nitrogen and oxygen atoms in total. The number of aromatic nitrogens is 1. The van der Waals surface area contributed by atoms with Gasteiger partial charge in [-0.1, -0.05) is 18.2 Å². The number of anilines is 1. The SMILES string of the molecule is c1ccc2c3c(cnc2c1)NCCCS3. The Labute approximate surface area is 93.1 Å². The maximum absolute atomic E-state index is 4.46. The first-order valence-electron chi connectivity index (χ1n) is 5.19. The van der Waals surface area contributed by atoms with E-state index in [1.54, 1.807) is 0 Å². The molecule has 1 aliphatic rings. The van der Waals surface area contributed by atoms with Crippen LogP contribution in [-0.2, 0) is 0 Å². The van der Waals surface area contributed by atoms with Gasteiger partial charge in [-0.15, -0.1) is 11.8 Å². The average Bonchev–Trinajstić information content (AvgIpc) is 2.54. The van der Waals surface area contributed by atoms with Crippen LogP contribution < -0.4 is 5.32 Å². The summed E-state index contributed by atoms with van der Waals surface area (Å²) in [5, 5.41) is 4.71. The van der Waals surface area contributed by atoms with E-state index in [1.807, 2.05) is 24.0 Å². The van der Waals surface area contributed by atoms with E-state index in [9.17, 15) is 0 Å². The van der Waals surface area contributed by atoms with Gasteiger partial charge in [-0.05, 0) is 18.2 Å². The van der Waals surface area contributed by atoms with Gasteiger partial charge in [0, 0.05) is 16.8 Å². The van der Waals surface area contributed by atoms with E-state index in [0.29, 0.717) is 0 Å². The molecular weight excluding hydrogens is 204 g/mol. The minimum absolute atomic E-state index is 1.06. The van der Waals surface area contributed by atoms with Crippen LogP contribution in [-0.4, -0.2) is 17.3 Å². The Balaban J connectivity index is 2.27. The Morgan fingerprint density at radius 3 is 3.20 bits per heavy atom. The summed E-state index contributed by atoms with van der Waals surface area (Å²) in [6.07, 6.45) is 3.17. The predicted octanol–water partition coefficient (Wildman–Crippen LogP) is 3.14. The van der Waals surface area contributed by atoms with Crippen LogP contribution in [0.5, 0.6) is 0 Å². The number of hydrogen-bond acceptors (Lipinski definition) is 3. The zero-order valence-electron chi connectivity index (χ0n) is 8.36. The highest BCUT2D eigenvalue weighted by molar-refractivity contribution is 7.99. The number of pyridine rings is 1. The molecule has 0 amide bonds. The number of fused-ring (bicyclic) bond motifs is 3. The fourth-order valence-corrected chi connectivity index (χ4v) is 2.97. The summed E-state index contributed by atoms with van der Waals surface area (Å²) in [7, 11) is 0. The molecule has 1 aliphatic heterocycles. The molecule has 76 valence electrons. The van der Waals surface area contributed by atoms with Gasteiger partial charge in [-0.2, -0.15) is 0 Å². The maximum Gasteiger partial charge on any atom is 0.0714 e. The molecule has 0 saturated carbocycles. The van der Waals surface area contributed by atoms with Crippen LogP contribution in [0.25, 0.3) is 10.9 Å². The van der Waals surface area contributed by atoms with Crippen molar-refractivity contribution >= 4 is 28.4 Å². The minimum Gasteiger partial charge on any atom is -0.383 e. The van der Waals surface area contributed by atoms with Gasteiger partial charge in [0.15, 0.2) is 0 Å². The number of benzene rings is 1. The van der Waals surface area contributed by atoms with Crippen molar-refractivity contribution in [2.75, 3.05) is 17.6 Å². The lowest BCUT2D eigenvalue weighted by Crippen LogP contribution is -2.00. The Morgan fingerprint density at radius 2 is 2.20 bits per heavy atom. The number of hydrogen-bond donors (Lipinski definition) is 1. The van der Waals surface area contributed by atoms with Crippen LogP contribution >= 0.6 is 11.8 Å². The van der Waals surface area contributed by atoms with E-state index in [-0.39, 0.29) is 0 Å². The summed E-state index contributed by atoms with van der Waals surface area (Å²) in [5.41, 5.74) is 2.28. The predicted molar refractivity (Wildman–Crippen MR) is 65.6 cm³/mol. The smallest absolute Gasteiger partial charge is 0.0714 e. The molecule has 1 aromatic carbocycles. The lowest BCUT2D eigenvalue weighted by atomic mass is 10.2. The number of para-hydroxylation sites is 1. The molecule has 0 bridgehead atoms. The molecular formula is C12H12N2S.